The van der Waals surface area contributed by atoms with Gasteiger partial charge in [0.1, 0.15) is 5.75 Å². The van der Waals surface area contributed by atoms with E-state index in [2.05, 4.69) is 56.9 Å². The standard InChI is InChI=1S/C23H32N4O.HI/c1-24-23(25-16-19-10-12-22(28-2)13-11-19)26-17-20-8-4-5-9-21(20)18-27-14-6-3-7-15-27;/h4-5,8-13H,3,6-7,14-18H2,1-2H3,(H2,24,25,26);1H. The summed E-state index contributed by atoms with van der Waals surface area (Å²) in [5.74, 6) is 1.68. The highest BCUT2D eigenvalue weighted by Crippen LogP contribution is 2.16. The van der Waals surface area contributed by atoms with Crippen LogP contribution in [-0.4, -0.2) is 38.1 Å². The fraction of sp³-hybridized carbons (Fsp3) is 0.435. The van der Waals surface area contributed by atoms with Crippen molar-refractivity contribution in [2.45, 2.75) is 38.9 Å². The maximum absolute atomic E-state index is 5.21. The Morgan fingerprint density at radius 1 is 0.931 bits per heavy atom. The van der Waals surface area contributed by atoms with Crippen molar-refractivity contribution in [2.75, 3.05) is 27.2 Å². The molecular formula is C23H33IN4O. The quantitative estimate of drug-likeness (QED) is 0.335. The van der Waals surface area contributed by atoms with Crippen LogP contribution in [-0.2, 0) is 19.6 Å². The maximum atomic E-state index is 5.21. The van der Waals surface area contributed by atoms with Crippen molar-refractivity contribution in [1.82, 2.24) is 15.5 Å². The molecule has 158 valence electrons. The first-order valence-corrected chi connectivity index (χ1v) is 10.1. The van der Waals surface area contributed by atoms with Crippen molar-refractivity contribution in [1.29, 1.82) is 0 Å². The van der Waals surface area contributed by atoms with Crippen LogP contribution in [0.2, 0.25) is 0 Å². The zero-order valence-electron chi connectivity index (χ0n) is 17.5. The van der Waals surface area contributed by atoms with E-state index in [1.165, 1.54) is 49.0 Å². The third-order valence-electron chi connectivity index (χ3n) is 5.25. The Kier molecular flexibility index (Phi) is 10.3. The summed E-state index contributed by atoms with van der Waals surface area (Å²) in [5, 5.41) is 6.83. The third-order valence-corrected chi connectivity index (χ3v) is 5.25. The van der Waals surface area contributed by atoms with Crippen molar-refractivity contribution >= 4 is 29.9 Å². The third kappa shape index (κ3) is 7.51. The molecule has 0 radical (unpaired) electrons. The van der Waals surface area contributed by atoms with Crippen molar-refractivity contribution in [3.8, 4) is 5.75 Å². The molecule has 3 rings (SSSR count). The number of piperidine rings is 1. The van der Waals surface area contributed by atoms with Crippen molar-refractivity contribution in [2.24, 2.45) is 4.99 Å². The van der Waals surface area contributed by atoms with Gasteiger partial charge in [0.05, 0.1) is 7.11 Å². The minimum absolute atomic E-state index is 0. The normalized spacial score (nSPS) is 14.8. The van der Waals surface area contributed by atoms with Crippen LogP contribution in [0.5, 0.6) is 5.75 Å². The maximum Gasteiger partial charge on any atom is 0.191 e. The van der Waals surface area contributed by atoms with Gasteiger partial charge in [0.25, 0.3) is 0 Å². The average Bonchev–Trinajstić information content (AvgIpc) is 2.76. The molecule has 2 N–H and O–H groups in total. The molecule has 5 nitrogen and oxygen atoms in total. The van der Waals surface area contributed by atoms with E-state index in [9.17, 15) is 0 Å². The van der Waals surface area contributed by atoms with Crippen LogP contribution < -0.4 is 15.4 Å². The van der Waals surface area contributed by atoms with Gasteiger partial charge in [0.2, 0.25) is 0 Å². The molecule has 2 aromatic carbocycles. The predicted octanol–water partition coefficient (Wildman–Crippen LogP) is 4.16. The Balaban J connectivity index is 0.00000300. The van der Waals surface area contributed by atoms with Gasteiger partial charge in [-0.1, -0.05) is 42.8 Å². The van der Waals surface area contributed by atoms with Crippen LogP contribution in [0, 0.1) is 0 Å². The van der Waals surface area contributed by atoms with E-state index in [1.807, 2.05) is 19.2 Å². The Hall–Kier alpha value is -1.80. The average molecular weight is 508 g/mol. The highest BCUT2D eigenvalue weighted by Gasteiger charge is 2.12. The number of hydrogen-bond acceptors (Lipinski definition) is 3. The lowest BCUT2D eigenvalue weighted by Gasteiger charge is -2.27. The molecule has 1 heterocycles. The molecule has 6 heteroatoms. The van der Waals surface area contributed by atoms with E-state index < -0.39 is 0 Å². The molecule has 29 heavy (non-hydrogen) atoms. The highest BCUT2D eigenvalue weighted by molar-refractivity contribution is 14.0. The summed E-state index contributed by atoms with van der Waals surface area (Å²) in [6, 6.07) is 16.8. The molecular weight excluding hydrogens is 475 g/mol. The Bertz CT molecular complexity index is 758. The Labute approximate surface area is 192 Å². The number of guanidine groups is 1. The van der Waals surface area contributed by atoms with Gasteiger partial charge >= 0.3 is 0 Å². The van der Waals surface area contributed by atoms with Crippen LogP contribution in [0.1, 0.15) is 36.0 Å². The van der Waals surface area contributed by atoms with Gasteiger partial charge in [-0.3, -0.25) is 9.89 Å². The number of rotatable bonds is 7. The minimum atomic E-state index is 0. The second-order valence-electron chi connectivity index (χ2n) is 7.23. The Morgan fingerprint density at radius 2 is 1.59 bits per heavy atom. The fourth-order valence-electron chi connectivity index (χ4n) is 3.57. The van der Waals surface area contributed by atoms with E-state index in [0.717, 1.165) is 31.3 Å². The number of hydrogen-bond donors (Lipinski definition) is 2. The molecule has 1 aliphatic rings. The summed E-state index contributed by atoms with van der Waals surface area (Å²) in [5.41, 5.74) is 3.93. The smallest absolute Gasteiger partial charge is 0.191 e. The summed E-state index contributed by atoms with van der Waals surface area (Å²) in [6.45, 7) is 4.96. The number of halogens is 1. The molecule has 0 spiro atoms. The number of methoxy groups -OCH3 is 1. The van der Waals surface area contributed by atoms with E-state index in [0.29, 0.717) is 0 Å². The molecule has 0 aliphatic carbocycles. The number of ether oxygens (including phenoxy) is 1. The van der Waals surface area contributed by atoms with Gasteiger partial charge in [0.15, 0.2) is 5.96 Å². The second-order valence-corrected chi connectivity index (χ2v) is 7.23. The topological polar surface area (TPSA) is 48.9 Å². The van der Waals surface area contributed by atoms with Crippen LogP contribution in [0.25, 0.3) is 0 Å². The van der Waals surface area contributed by atoms with Gasteiger partial charge in [-0.25, -0.2) is 0 Å². The molecule has 0 aromatic heterocycles. The second kappa shape index (κ2) is 12.7. The van der Waals surface area contributed by atoms with Gasteiger partial charge < -0.3 is 15.4 Å². The zero-order chi connectivity index (χ0) is 19.6. The lowest BCUT2D eigenvalue weighted by atomic mass is 10.0. The number of aliphatic imine (C=N–C) groups is 1. The van der Waals surface area contributed by atoms with Crippen molar-refractivity contribution in [3.63, 3.8) is 0 Å². The van der Waals surface area contributed by atoms with Crippen LogP contribution in [0.4, 0.5) is 0 Å². The lowest BCUT2D eigenvalue weighted by molar-refractivity contribution is 0.220. The molecule has 1 fully saturated rings. The first-order chi connectivity index (χ1) is 13.8. The highest BCUT2D eigenvalue weighted by atomic mass is 127. The van der Waals surface area contributed by atoms with E-state index in [-0.39, 0.29) is 24.0 Å². The monoisotopic (exact) mass is 508 g/mol. The van der Waals surface area contributed by atoms with Gasteiger partial charge in [-0.15, -0.1) is 24.0 Å². The predicted molar refractivity (Wildman–Crippen MR) is 131 cm³/mol. The molecule has 1 aliphatic heterocycles. The summed E-state index contributed by atoms with van der Waals surface area (Å²) in [4.78, 5) is 6.93. The lowest BCUT2D eigenvalue weighted by Crippen LogP contribution is -2.36. The molecule has 2 aromatic rings. The largest absolute Gasteiger partial charge is 0.497 e. The summed E-state index contributed by atoms with van der Waals surface area (Å²) >= 11 is 0. The molecule has 0 atom stereocenters. The summed E-state index contributed by atoms with van der Waals surface area (Å²) in [6.07, 6.45) is 4.01. The zero-order valence-corrected chi connectivity index (χ0v) is 19.8. The molecule has 0 amide bonds. The number of nitrogens with zero attached hydrogens (tertiary/aromatic N) is 2. The SMILES string of the molecule is CN=C(NCc1ccc(OC)cc1)NCc1ccccc1CN1CCCCC1.I. The summed E-state index contributed by atoms with van der Waals surface area (Å²) in [7, 11) is 3.49. The molecule has 0 unspecified atom stereocenters. The first kappa shape index (κ1) is 23.5. The van der Waals surface area contributed by atoms with Gasteiger partial charge in [0, 0.05) is 26.7 Å². The van der Waals surface area contributed by atoms with Crippen LogP contribution >= 0.6 is 24.0 Å². The molecule has 0 bridgehead atoms. The number of benzene rings is 2. The van der Waals surface area contributed by atoms with E-state index in [4.69, 9.17) is 4.74 Å². The van der Waals surface area contributed by atoms with Gasteiger partial charge in [-0.05, 0) is 54.8 Å². The first-order valence-electron chi connectivity index (χ1n) is 10.1. The fourth-order valence-corrected chi connectivity index (χ4v) is 3.57. The summed E-state index contributed by atoms with van der Waals surface area (Å²) < 4.78 is 5.21. The van der Waals surface area contributed by atoms with Crippen molar-refractivity contribution in [3.05, 3.63) is 65.2 Å². The Morgan fingerprint density at radius 3 is 2.24 bits per heavy atom. The molecule has 1 saturated heterocycles. The van der Waals surface area contributed by atoms with E-state index >= 15 is 0 Å². The van der Waals surface area contributed by atoms with Gasteiger partial charge in [-0.2, -0.15) is 0 Å². The molecule has 0 saturated carbocycles. The number of nitrogens with one attached hydrogen (secondary N) is 2. The number of likely N-dealkylation sites (tertiary alicyclic amines) is 1. The van der Waals surface area contributed by atoms with Crippen LogP contribution in [0.3, 0.4) is 0 Å². The van der Waals surface area contributed by atoms with Crippen LogP contribution in [0.15, 0.2) is 53.5 Å². The minimum Gasteiger partial charge on any atom is -0.497 e. The van der Waals surface area contributed by atoms with Crippen molar-refractivity contribution < 1.29 is 4.74 Å². The van der Waals surface area contributed by atoms with E-state index in [1.54, 1.807) is 7.11 Å².